The normalized spacial score (nSPS) is 10.4. The molecule has 46 heavy (non-hydrogen) atoms. The smallest absolute Gasteiger partial charge is 0.338 e. The largest absolute Gasteiger partial charge is 0.462 e. The van der Waals surface area contributed by atoms with E-state index in [1.54, 1.807) is 7.11 Å². The molecule has 0 aliphatic heterocycles. The molecule has 0 saturated heterocycles. The van der Waals surface area contributed by atoms with Crippen molar-refractivity contribution in [3.8, 4) is 0 Å². The molecule has 0 heterocycles. The van der Waals surface area contributed by atoms with E-state index in [4.69, 9.17) is 28.4 Å². The van der Waals surface area contributed by atoms with Gasteiger partial charge in [0.2, 0.25) is 0 Å². The molecule has 0 radical (unpaired) electrons. The van der Waals surface area contributed by atoms with Crippen molar-refractivity contribution in [2.45, 2.75) is 19.8 Å². The van der Waals surface area contributed by atoms with Crippen LogP contribution >= 0.6 is 0 Å². The van der Waals surface area contributed by atoms with Crippen LogP contribution < -0.4 is 0 Å². The van der Waals surface area contributed by atoms with Crippen LogP contribution in [-0.2, 0) is 28.4 Å². The van der Waals surface area contributed by atoms with Crippen molar-refractivity contribution in [1.82, 2.24) is 0 Å². The molecular formula is C34H34O12. The van der Waals surface area contributed by atoms with Crippen molar-refractivity contribution < 1.29 is 57.2 Å². The summed E-state index contributed by atoms with van der Waals surface area (Å²) in [6.45, 7) is 1.50. The summed E-state index contributed by atoms with van der Waals surface area (Å²) >= 11 is 0. The number of carbonyl (C=O) groups excluding carboxylic acids is 6. The van der Waals surface area contributed by atoms with Crippen LogP contribution in [-0.4, -0.2) is 82.4 Å². The Kier molecular flexibility index (Phi) is 14.1. The van der Waals surface area contributed by atoms with Gasteiger partial charge in [-0.05, 0) is 80.4 Å². The lowest BCUT2D eigenvalue weighted by Crippen LogP contribution is -2.15. The number of ether oxygens (including phenoxy) is 6. The topological polar surface area (TPSA) is 158 Å². The second-order valence-corrected chi connectivity index (χ2v) is 9.67. The Hall–Kier alpha value is -5.36. The van der Waals surface area contributed by atoms with Crippen LogP contribution in [0.5, 0.6) is 0 Å². The predicted octanol–water partition coefficient (Wildman–Crippen LogP) is 4.50. The minimum Gasteiger partial charge on any atom is -0.462 e. The van der Waals surface area contributed by atoms with E-state index >= 15 is 0 Å². The third-order valence-electron chi connectivity index (χ3n) is 6.31. The van der Waals surface area contributed by atoms with E-state index in [0.717, 1.165) is 6.42 Å². The van der Waals surface area contributed by atoms with Crippen molar-refractivity contribution in [3.05, 3.63) is 106 Å². The van der Waals surface area contributed by atoms with Crippen LogP contribution in [0.4, 0.5) is 0 Å². The van der Waals surface area contributed by atoms with E-state index in [2.05, 4.69) is 0 Å². The molecule has 0 bridgehead atoms. The molecule has 242 valence electrons. The number of Topliss-reactive ketones (excluding diaryl/α,β-unsaturated/α-hetero) is 1. The van der Waals surface area contributed by atoms with Crippen LogP contribution in [0.25, 0.3) is 0 Å². The van der Waals surface area contributed by atoms with Crippen LogP contribution in [0.2, 0.25) is 0 Å². The second kappa shape index (κ2) is 18.4. The number of esters is 5. The lowest BCUT2D eigenvalue weighted by molar-refractivity contribution is 0.0263. The second-order valence-electron chi connectivity index (χ2n) is 9.67. The highest BCUT2D eigenvalue weighted by molar-refractivity contribution is 5.96. The molecule has 0 spiro atoms. The van der Waals surface area contributed by atoms with Crippen LogP contribution in [0.3, 0.4) is 0 Å². The molecule has 0 atom stereocenters. The first-order chi connectivity index (χ1) is 22.2. The molecule has 3 aromatic rings. The highest BCUT2D eigenvalue weighted by Gasteiger charge is 2.14. The number of hydrogen-bond donors (Lipinski definition) is 0. The Morgan fingerprint density at radius 1 is 0.391 bits per heavy atom. The average molecular weight is 635 g/mol. The lowest BCUT2D eigenvalue weighted by atomic mass is 10.1. The molecule has 12 nitrogen and oxygen atoms in total. The third kappa shape index (κ3) is 11.3. The van der Waals surface area contributed by atoms with E-state index in [-0.39, 0.29) is 61.1 Å². The van der Waals surface area contributed by atoms with Gasteiger partial charge in [0.1, 0.15) is 26.4 Å². The third-order valence-corrected chi connectivity index (χ3v) is 6.31. The van der Waals surface area contributed by atoms with Crippen LogP contribution in [0.1, 0.15) is 81.9 Å². The van der Waals surface area contributed by atoms with E-state index < -0.39 is 29.8 Å². The summed E-state index contributed by atoms with van der Waals surface area (Å²) in [5.74, 6) is -3.27. The first-order valence-corrected chi connectivity index (χ1v) is 14.3. The Labute approximate surface area is 265 Å². The van der Waals surface area contributed by atoms with Crippen molar-refractivity contribution in [2.75, 3.05) is 46.8 Å². The first kappa shape index (κ1) is 35.1. The summed E-state index contributed by atoms with van der Waals surface area (Å²) in [4.78, 5) is 72.3. The number of carbonyl (C=O) groups is 6. The number of unbranched alkanes of at least 4 members (excludes halogenated alkanes) is 1. The fraction of sp³-hybridized carbons (Fsp3) is 0.294. The van der Waals surface area contributed by atoms with Crippen LogP contribution in [0, 0.1) is 0 Å². The van der Waals surface area contributed by atoms with Crippen LogP contribution in [0.15, 0.2) is 72.8 Å². The summed E-state index contributed by atoms with van der Waals surface area (Å²) < 4.78 is 30.5. The highest BCUT2D eigenvalue weighted by atomic mass is 16.6. The zero-order valence-electron chi connectivity index (χ0n) is 25.5. The quantitative estimate of drug-likeness (QED) is 0.0887. The van der Waals surface area contributed by atoms with Gasteiger partial charge >= 0.3 is 29.8 Å². The SMILES string of the molecule is COCCCCOC(=O)c1ccc(C(=O)OCCOC(=O)c2ccc(C(=O)OCCOC(=O)c3ccc(C(C)=O)cc3)cc2)cc1. The van der Waals surface area contributed by atoms with E-state index in [1.807, 2.05) is 0 Å². The Morgan fingerprint density at radius 2 is 0.630 bits per heavy atom. The number of hydrogen-bond acceptors (Lipinski definition) is 12. The molecule has 3 aromatic carbocycles. The van der Waals surface area contributed by atoms with Crippen molar-refractivity contribution in [2.24, 2.45) is 0 Å². The van der Waals surface area contributed by atoms with Gasteiger partial charge in [-0.1, -0.05) is 12.1 Å². The molecule has 12 heteroatoms. The predicted molar refractivity (Wildman–Crippen MR) is 162 cm³/mol. The number of methoxy groups -OCH3 is 1. The van der Waals surface area contributed by atoms with E-state index in [1.165, 1.54) is 79.7 Å². The van der Waals surface area contributed by atoms with Gasteiger partial charge in [-0.2, -0.15) is 0 Å². The number of benzene rings is 3. The highest BCUT2D eigenvalue weighted by Crippen LogP contribution is 2.11. The van der Waals surface area contributed by atoms with Crippen molar-refractivity contribution in [1.29, 1.82) is 0 Å². The summed E-state index contributed by atoms with van der Waals surface area (Å²) in [7, 11) is 1.60. The van der Waals surface area contributed by atoms with Gasteiger partial charge < -0.3 is 28.4 Å². The molecule has 0 aromatic heterocycles. The van der Waals surface area contributed by atoms with Gasteiger partial charge in [0.05, 0.1) is 34.4 Å². The molecule has 0 fully saturated rings. The minimum absolute atomic E-state index is 0.123. The summed E-state index contributed by atoms with van der Waals surface area (Å²) in [5.41, 5.74) is 1.56. The summed E-state index contributed by atoms with van der Waals surface area (Å²) in [6.07, 6.45) is 1.46. The fourth-order valence-electron chi connectivity index (χ4n) is 3.79. The zero-order chi connectivity index (χ0) is 33.3. The average Bonchev–Trinajstić information content (AvgIpc) is 3.08. The molecular weight excluding hydrogens is 600 g/mol. The molecule has 3 rings (SSSR count). The molecule has 0 saturated carbocycles. The van der Waals surface area contributed by atoms with Gasteiger partial charge in [0.15, 0.2) is 5.78 Å². The van der Waals surface area contributed by atoms with Gasteiger partial charge in [0, 0.05) is 19.3 Å². The molecule has 0 N–H and O–H groups in total. The number of ketones is 1. The summed E-state index contributed by atoms with van der Waals surface area (Å²) in [6, 6.07) is 17.3. The van der Waals surface area contributed by atoms with E-state index in [9.17, 15) is 28.8 Å². The standard InChI is InChI=1S/C34H34O12/c1-23(35)24-5-7-25(8-6-24)31(37)43-19-20-44-33(39)28-13-15-29(16-14-28)34(40)46-22-21-45-32(38)27-11-9-26(10-12-27)30(36)42-18-4-3-17-41-2/h5-16H,3-4,17-22H2,1-2H3. The van der Waals surface area contributed by atoms with Crippen molar-refractivity contribution >= 4 is 35.6 Å². The molecule has 0 unspecified atom stereocenters. The molecule has 0 aliphatic rings. The maximum atomic E-state index is 12.3. The van der Waals surface area contributed by atoms with Gasteiger partial charge in [-0.3, -0.25) is 4.79 Å². The van der Waals surface area contributed by atoms with Gasteiger partial charge in [0.25, 0.3) is 0 Å². The zero-order valence-corrected chi connectivity index (χ0v) is 25.5. The monoisotopic (exact) mass is 634 g/mol. The number of rotatable bonds is 17. The maximum Gasteiger partial charge on any atom is 0.338 e. The van der Waals surface area contributed by atoms with Crippen molar-refractivity contribution in [3.63, 3.8) is 0 Å². The Morgan fingerprint density at radius 3 is 0.891 bits per heavy atom. The maximum absolute atomic E-state index is 12.3. The van der Waals surface area contributed by atoms with Gasteiger partial charge in [-0.15, -0.1) is 0 Å². The first-order valence-electron chi connectivity index (χ1n) is 14.3. The minimum atomic E-state index is -0.690. The lowest BCUT2D eigenvalue weighted by Gasteiger charge is -2.08. The summed E-state index contributed by atoms with van der Waals surface area (Å²) in [5, 5.41) is 0. The van der Waals surface area contributed by atoms with Gasteiger partial charge in [-0.25, -0.2) is 24.0 Å². The molecule has 0 amide bonds. The Balaban J connectivity index is 1.32. The molecule has 0 aliphatic carbocycles. The Bertz CT molecular complexity index is 1490. The fourth-order valence-corrected chi connectivity index (χ4v) is 3.79. The van der Waals surface area contributed by atoms with E-state index in [0.29, 0.717) is 24.2 Å².